The Balaban J connectivity index is 1.99. The molecule has 1 aliphatic heterocycles. The smallest absolute Gasteiger partial charge is 0.338 e. The van der Waals surface area contributed by atoms with E-state index in [2.05, 4.69) is 4.99 Å². The van der Waals surface area contributed by atoms with E-state index in [-0.39, 0.29) is 27.7 Å². The number of halogens is 1. The van der Waals surface area contributed by atoms with E-state index in [1.165, 1.54) is 30.1 Å². The molecule has 206 valence electrons. The molecule has 0 radical (unpaired) electrons. The molecule has 0 saturated carbocycles. The van der Waals surface area contributed by atoms with Gasteiger partial charge in [-0.1, -0.05) is 42.0 Å². The van der Waals surface area contributed by atoms with Crippen molar-refractivity contribution in [3.8, 4) is 23.0 Å². The number of thiazole rings is 1. The van der Waals surface area contributed by atoms with Crippen LogP contribution in [0.2, 0.25) is 5.02 Å². The quantitative estimate of drug-likeness (QED) is 0.387. The summed E-state index contributed by atoms with van der Waals surface area (Å²) in [6.45, 7) is 6.21. The zero-order valence-corrected chi connectivity index (χ0v) is 23.8. The van der Waals surface area contributed by atoms with Crippen molar-refractivity contribution in [3.63, 3.8) is 0 Å². The Labute approximate surface area is 234 Å². The van der Waals surface area contributed by atoms with E-state index in [4.69, 9.17) is 30.5 Å². The molecular formula is C28H29ClN2O7S. The fourth-order valence-electron chi connectivity index (χ4n) is 4.35. The van der Waals surface area contributed by atoms with Crippen molar-refractivity contribution in [3.05, 3.63) is 77.4 Å². The van der Waals surface area contributed by atoms with Crippen LogP contribution in [-0.2, 0) is 9.53 Å². The minimum Gasteiger partial charge on any atom is -0.503 e. The topological polar surface area (TPSA) is 109 Å². The number of fused-ring (bicyclic) bond motifs is 1. The Morgan fingerprint density at radius 2 is 1.97 bits per heavy atom. The normalized spacial score (nSPS) is 15.0. The molecule has 4 rings (SSSR count). The van der Waals surface area contributed by atoms with Crippen molar-refractivity contribution >= 4 is 35.0 Å². The first kappa shape index (κ1) is 28.3. The fourth-order valence-corrected chi connectivity index (χ4v) is 5.61. The van der Waals surface area contributed by atoms with Crippen LogP contribution in [0.25, 0.3) is 6.08 Å². The number of carbonyl (C=O) groups excluding carboxylic acids is 1. The second kappa shape index (κ2) is 12.0. The highest BCUT2D eigenvalue weighted by Gasteiger charge is 2.35. The molecule has 0 aliphatic carbocycles. The molecule has 0 fully saturated rings. The van der Waals surface area contributed by atoms with E-state index in [0.717, 1.165) is 6.42 Å². The summed E-state index contributed by atoms with van der Waals surface area (Å²) in [7, 11) is 2.82. The van der Waals surface area contributed by atoms with Gasteiger partial charge < -0.3 is 24.1 Å². The van der Waals surface area contributed by atoms with E-state index in [1.54, 1.807) is 50.3 Å². The van der Waals surface area contributed by atoms with Gasteiger partial charge in [0.05, 0.1) is 48.3 Å². The maximum atomic E-state index is 13.9. The highest BCUT2D eigenvalue weighted by atomic mass is 35.5. The predicted octanol–water partition coefficient (Wildman–Crippen LogP) is 3.96. The van der Waals surface area contributed by atoms with Crippen LogP contribution in [0, 0.1) is 0 Å². The summed E-state index contributed by atoms with van der Waals surface area (Å²) in [6, 6.07) is 7.60. The number of phenols is 1. The van der Waals surface area contributed by atoms with Crippen LogP contribution in [0.3, 0.4) is 0 Å². The molecule has 1 N–H and O–H groups in total. The van der Waals surface area contributed by atoms with Crippen LogP contribution in [0.15, 0.2) is 51.4 Å². The number of aromatic hydroxyl groups is 1. The summed E-state index contributed by atoms with van der Waals surface area (Å²) in [4.78, 5) is 32.0. The van der Waals surface area contributed by atoms with Crippen molar-refractivity contribution in [2.45, 2.75) is 33.2 Å². The molecule has 2 aromatic carbocycles. The lowest BCUT2D eigenvalue weighted by molar-refractivity contribution is -0.136. The van der Waals surface area contributed by atoms with Crippen molar-refractivity contribution < 1.29 is 28.8 Å². The molecule has 1 aromatic heterocycles. The molecular weight excluding hydrogens is 544 g/mol. The second-order valence-electron chi connectivity index (χ2n) is 8.58. The number of rotatable bonds is 9. The number of benzene rings is 2. The zero-order valence-electron chi connectivity index (χ0n) is 22.2. The fraction of sp³-hybridized carbons (Fsp3) is 0.321. The third kappa shape index (κ3) is 5.39. The van der Waals surface area contributed by atoms with Crippen molar-refractivity contribution in [1.29, 1.82) is 0 Å². The monoisotopic (exact) mass is 572 g/mol. The van der Waals surface area contributed by atoms with Gasteiger partial charge in [0.15, 0.2) is 27.8 Å². The molecule has 2 heterocycles. The Morgan fingerprint density at radius 1 is 1.21 bits per heavy atom. The SMILES string of the molecule is CCCOc1c(OC)cccc1C1C(C(=O)OC)=C(C)N=c2sc(=Cc3cc(Cl)c(O)c(OCC)c3)c(=O)n21. The summed E-state index contributed by atoms with van der Waals surface area (Å²) in [6.07, 6.45) is 2.39. The summed E-state index contributed by atoms with van der Waals surface area (Å²) >= 11 is 7.38. The Kier molecular flexibility index (Phi) is 8.66. The van der Waals surface area contributed by atoms with Crippen molar-refractivity contribution in [1.82, 2.24) is 4.57 Å². The average Bonchev–Trinajstić information content (AvgIpc) is 3.22. The van der Waals surface area contributed by atoms with Crippen LogP contribution >= 0.6 is 22.9 Å². The van der Waals surface area contributed by atoms with Crippen LogP contribution < -0.4 is 29.1 Å². The number of esters is 1. The third-order valence-corrected chi connectivity index (χ3v) is 7.32. The summed E-state index contributed by atoms with van der Waals surface area (Å²) in [5.41, 5.74) is 1.40. The molecule has 1 aliphatic rings. The van der Waals surface area contributed by atoms with E-state index >= 15 is 0 Å². The number of nitrogens with zero attached hydrogens (tertiary/aromatic N) is 2. The number of carbonyl (C=O) groups is 1. The lowest BCUT2D eigenvalue weighted by Gasteiger charge is -2.26. The van der Waals surface area contributed by atoms with E-state index in [1.807, 2.05) is 6.92 Å². The first-order valence-corrected chi connectivity index (χ1v) is 13.5. The van der Waals surface area contributed by atoms with E-state index in [9.17, 15) is 14.7 Å². The number of allylic oxidation sites excluding steroid dienone is 1. The van der Waals surface area contributed by atoms with Gasteiger partial charge in [-0.25, -0.2) is 9.79 Å². The van der Waals surface area contributed by atoms with Gasteiger partial charge in [0.2, 0.25) is 0 Å². The van der Waals surface area contributed by atoms with Gasteiger partial charge in [-0.3, -0.25) is 9.36 Å². The van der Waals surface area contributed by atoms with Gasteiger partial charge in [0.1, 0.15) is 6.04 Å². The Morgan fingerprint density at radius 3 is 2.64 bits per heavy atom. The molecule has 11 heteroatoms. The number of aromatic nitrogens is 1. The van der Waals surface area contributed by atoms with Gasteiger partial charge in [-0.05, 0) is 50.1 Å². The Hall–Kier alpha value is -3.76. The van der Waals surface area contributed by atoms with Gasteiger partial charge in [-0.15, -0.1) is 0 Å². The van der Waals surface area contributed by atoms with E-state index < -0.39 is 12.0 Å². The van der Waals surface area contributed by atoms with Crippen molar-refractivity contribution in [2.75, 3.05) is 27.4 Å². The molecule has 0 amide bonds. The first-order valence-electron chi connectivity index (χ1n) is 12.3. The van der Waals surface area contributed by atoms with Crippen LogP contribution in [-0.4, -0.2) is 43.1 Å². The molecule has 39 heavy (non-hydrogen) atoms. The summed E-state index contributed by atoms with van der Waals surface area (Å²) < 4.78 is 24.0. The third-order valence-electron chi connectivity index (χ3n) is 6.05. The largest absolute Gasteiger partial charge is 0.503 e. The molecule has 9 nitrogen and oxygen atoms in total. The number of ether oxygens (including phenoxy) is 4. The highest BCUT2D eigenvalue weighted by molar-refractivity contribution is 7.07. The molecule has 0 saturated heterocycles. The van der Waals surface area contributed by atoms with Crippen LogP contribution in [0.4, 0.5) is 0 Å². The van der Waals surface area contributed by atoms with Gasteiger partial charge >= 0.3 is 5.97 Å². The molecule has 3 aromatic rings. The minimum atomic E-state index is -0.875. The standard InChI is InChI=1S/C28H29ClN2O7S/c1-6-11-38-25-17(9-8-10-19(25)35-4)23-22(27(34)36-5)15(3)30-28-31(23)26(33)21(39-28)14-16-12-18(29)24(32)20(13-16)37-7-2/h8-10,12-14,23,32H,6-7,11H2,1-5H3. The molecule has 1 atom stereocenters. The highest BCUT2D eigenvalue weighted by Crippen LogP contribution is 2.41. The second-order valence-corrected chi connectivity index (χ2v) is 10.00. The lowest BCUT2D eigenvalue weighted by atomic mass is 9.94. The molecule has 0 spiro atoms. The number of phenolic OH excluding ortho intramolecular Hbond substituents is 1. The predicted molar refractivity (Wildman–Crippen MR) is 149 cm³/mol. The first-order chi connectivity index (χ1) is 18.7. The Bertz CT molecular complexity index is 1620. The summed E-state index contributed by atoms with van der Waals surface area (Å²) in [5, 5.41) is 10.3. The van der Waals surface area contributed by atoms with Crippen LogP contribution in [0.5, 0.6) is 23.0 Å². The summed E-state index contributed by atoms with van der Waals surface area (Å²) in [5.74, 6) is 0.340. The molecule has 0 bridgehead atoms. The van der Waals surface area contributed by atoms with E-state index in [0.29, 0.717) is 50.9 Å². The van der Waals surface area contributed by atoms with Gasteiger partial charge in [-0.2, -0.15) is 0 Å². The number of methoxy groups -OCH3 is 2. The van der Waals surface area contributed by atoms with Crippen molar-refractivity contribution in [2.24, 2.45) is 4.99 Å². The zero-order chi connectivity index (χ0) is 28.3. The number of hydrogen-bond donors (Lipinski definition) is 1. The van der Waals surface area contributed by atoms with Gasteiger partial charge in [0.25, 0.3) is 5.56 Å². The number of para-hydroxylation sites is 1. The molecule has 1 unspecified atom stereocenters. The van der Waals surface area contributed by atoms with Gasteiger partial charge in [0, 0.05) is 5.56 Å². The average molecular weight is 573 g/mol. The lowest BCUT2D eigenvalue weighted by Crippen LogP contribution is -2.40. The maximum Gasteiger partial charge on any atom is 0.338 e. The maximum absolute atomic E-state index is 13.9. The number of hydrogen-bond acceptors (Lipinski definition) is 9. The minimum absolute atomic E-state index is 0.0933. The van der Waals surface area contributed by atoms with Crippen LogP contribution in [0.1, 0.15) is 44.4 Å².